The van der Waals surface area contributed by atoms with Crippen LogP contribution in [0.15, 0.2) is 40.9 Å². The zero-order valence-electron chi connectivity index (χ0n) is 25.1. The number of imidazole rings is 1. The second kappa shape index (κ2) is 11.2. The number of alkyl halides is 1. The molecule has 2 atom stereocenters. The lowest BCUT2D eigenvalue weighted by atomic mass is 10.0. The number of carbonyl (C=O) groups is 2. The van der Waals surface area contributed by atoms with Gasteiger partial charge in [0.2, 0.25) is 0 Å². The second-order valence-electron chi connectivity index (χ2n) is 12.7. The minimum absolute atomic E-state index is 0.0602. The van der Waals surface area contributed by atoms with Crippen LogP contribution in [0.25, 0.3) is 33.5 Å². The van der Waals surface area contributed by atoms with Gasteiger partial charge in [0.25, 0.3) is 5.91 Å². The van der Waals surface area contributed by atoms with Gasteiger partial charge in [-0.2, -0.15) is 0 Å². The summed E-state index contributed by atoms with van der Waals surface area (Å²) in [5, 5.41) is 3.85. The van der Waals surface area contributed by atoms with Crippen molar-refractivity contribution in [3.8, 4) is 17.3 Å². The lowest BCUT2D eigenvalue weighted by Gasteiger charge is -2.35. The number of methoxy groups -OCH3 is 1. The number of halogens is 2. The first-order chi connectivity index (χ1) is 20.4. The number of aryl methyl sites for hydroxylation is 1. The Morgan fingerprint density at radius 3 is 2.60 bits per heavy atom. The van der Waals surface area contributed by atoms with Crippen molar-refractivity contribution < 1.29 is 23.5 Å². The van der Waals surface area contributed by atoms with Crippen molar-refractivity contribution in [3.63, 3.8) is 0 Å². The van der Waals surface area contributed by atoms with E-state index in [1.54, 1.807) is 40.0 Å². The first kappa shape index (κ1) is 29.5. The molecular formula is C32H37BrFN5O4. The third-order valence-corrected chi connectivity index (χ3v) is 8.69. The smallest absolute Gasteiger partial charge is 0.407 e. The molecule has 3 heterocycles. The summed E-state index contributed by atoms with van der Waals surface area (Å²) in [6, 6.07) is 11.2. The van der Waals surface area contributed by atoms with Crippen LogP contribution in [0.5, 0.6) is 5.75 Å². The molecule has 228 valence electrons. The van der Waals surface area contributed by atoms with Crippen molar-refractivity contribution in [1.29, 1.82) is 0 Å². The highest BCUT2D eigenvalue weighted by Gasteiger charge is 2.33. The van der Waals surface area contributed by atoms with Gasteiger partial charge in [-0.15, -0.1) is 0 Å². The number of rotatable bonds is 6. The molecule has 1 saturated heterocycles. The molecule has 0 radical (unpaired) electrons. The standard InChI is InChI=1S/C32H37BrFN5O4/c1-32(2,3)43-31(41)35-22-14-21(34)16-38(17-22)30(40)20-11-24-28(26(13-20)42-5)37(4)29(36-24)25-12-19-7-6-8-23(33)27(19)39(25)15-18-9-10-18/h6-8,11-13,18,21-22H,9-10,14-17H2,1-5H3,(H,35,41)/t21-,22-/m1/s1. The molecule has 4 aromatic rings. The number of aromatic nitrogens is 3. The number of alkyl carbamates (subject to hydrolysis) is 1. The Morgan fingerprint density at radius 1 is 1.14 bits per heavy atom. The molecule has 6 rings (SSSR count). The average Bonchev–Trinajstić information content (AvgIpc) is 3.59. The largest absolute Gasteiger partial charge is 0.494 e. The van der Waals surface area contributed by atoms with Crippen molar-refractivity contribution >= 4 is 49.9 Å². The van der Waals surface area contributed by atoms with Crippen LogP contribution in [0, 0.1) is 5.92 Å². The van der Waals surface area contributed by atoms with Crippen molar-refractivity contribution in [1.82, 2.24) is 24.3 Å². The van der Waals surface area contributed by atoms with Crippen molar-refractivity contribution in [2.24, 2.45) is 13.0 Å². The molecule has 2 aliphatic rings. The van der Waals surface area contributed by atoms with Crippen LogP contribution in [0.1, 0.15) is 50.4 Å². The molecule has 0 unspecified atom stereocenters. The fraction of sp³-hybridized carbons (Fsp3) is 0.469. The number of piperidine rings is 1. The van der Waals surface area contributed by atoms with Crippen LogP contribution < -0.4 is 10.1 Å². The predicted octanol–water partition coefficient (Wildman–Crippen LogP) is 6.45. The first-order valence-corrected chi connectivity index (χ1v) is 15.5. The van der Waals surface area contributed by atoms with Crippen LogP contribution >= 0.6 is 15.9 Å². The Morgan fingerprint density at radius 2 is 1.91 bits per heavy atom. The third kappa shape index (κ3) is 5.96. The normalized spacial score (nSPS) is 19.2. The number of nitrogens with one attached hydrogen (secondary N) is 1. The molecule has 1 saturated carbocycles. The van der Waals surface area contributed by atoms with E-state index in [2.05, 4.69) is 44.0 Å². The molecule has 11 heteroatoms. The number of carbonyl (C=O) groups excluding carboxylic acids is 2. The predicted molar refractivity (Wildman–Crippen MR) is 167 cm³/mol. The number of para-hydroxylation sites is 1. The van der Waals surface area contributed by atoms with Gasteiger partial charge in [-0.1, -0.05) is 12.1 Å². The number of nitrogens with zero attached hydrogens (tertiary/aromatic N) is 4. The lowest BCUT2D eigenvalue weighted by molar-refractivity contribution is 0.0394. The van der Waals surface area contributed by atoms with Gasteiger partial charge in [0.05, 0.1) is 36.4 Å². The molecule has 0 spiro atoms. The van der Waals surface area contributed by atoms with Gasteiger partial charge in [-0.25, -0.2) is 14.2 Å². The number of amides is 2. The lowest BCUT2D eigenvalue weighted by Crippen LogP contribution is -2.54. The van der Waals surface area contributed by atoms with Crippen LogP contribution in [0.4, 0.5) is 9.18 Å². The maximum absolute atomic E-state index is 14.8. The van der Waals surface area contributed by atoms with Crippen LogP contribution in [0.2, 0.25) is 0 Å². The molecular weight excluding hydrogens is 617 g/mol. The van der Waals surface area contributed by atoms with Gasteiger partial charge < -0.3 is 28.8 Å². The highest BCUT2D eigenvalue weighted by Crippen LogP contribution is 2.39. The van der Waals surface area contributed by atoms with E-state index in [1.165, 1.54) is 17.7 Å². The Kier molecular flexibility index (Phi) is 7.64. The van der Waals surface area contributed by atoms with Crippen molar-refractivity contribution in [2.75, 3.05) is 20.2 Å². The molecule has 1 aliphatic heterocycles. The molecule has 2 aromatic carbocycles. The Labute approximate surface area is 258 Å². The number of ether oxygens (including phenoxy) is 2. The summed E-state index contributed by atoms with van der Waals surface area (Å²) in [6.07, 6.45) is 0.637. The molecule has 2 fully saturated rings. The molecule has 2 amide bonds. The molecule has 1 N–H and O–H groups in total. The van der Waals surface area contributed by atoms with Gasteiger partial charge in [0, 0.05) is 42.0 Å². The van der Waals surface area contributed by atoms with E-state index in [0.29, 0.717) is 22.7 Å². The topological polar surface area (TPSA) is 90.6 Å². The SMILES string of the molecule is COc1cc(C(=O)N2C[C@H](F)C[C@@H](NC(=O)OC(C)(C)C)C2)cc2nc(-c3cc4cccc(Br)c4n3CC3CC3)n(C)c12. The van der Waals surface area contributed by atoms with E-state index in [4.69, 9.17) is 14.5 Å². The third-order valence-electron chi connectivity index (χ3n) is 8.05. The Bertz CT molecular complexity index is 1720. The van der Waals surface area contributed by atoms with Crippen LogP contribution in [-0.2, 0) is 18.3 Å². The minimum Gasteiger partial charge on any atom is -0.494 e. The van der Waals surface area contributed by atoms with E-state index in [0.717, 1.165) is 39.0 Å². The molecule has 2 aromatic heterocycles. The summed E-state index contributed by atoms with van der Waals surface area (Å²) < 4.78 is 31.3. The molecule has 9 nitrogen and oxygen atoms in total. The number of likely N-dealkylation sites (tertiary alicyclic amines) is 1. The van der Waals surface area contributed by atoms with E-state index >= 15 is 0 Å². The van der Waals surface area contributed by atoms with Crippen LogP contribution in [-0.4, -0.2) is 69.0 Å². The summed E-state index contributed by atoms with van der Waals surface area (Å²) in [4.78, 5) is 32.5. The van der Waals surface area contributed by atoms with E-state index in [9.17, 15) is 14.0 Å². The monoisotopic (exact) mass is 653 g/mol. The number of hydrogen-bond acceptors (Lipinski definition) is 5. The van der Waals surface area contributed by atoms with E-state index in [-0.39, 0.29) is 25.4 Å². The van der Waals surface area contributed by atoms with Gasteiger partial charge >= 0.3 is 6.09 Å². The van der Waals surface area contributed by atoms with Crippen molar-refractivity contribution in [3.05, 3.63) is 46.4 Å². The Balaban J connectivity index is 1.34. The fourth-order valence-electron chi connectivity index (χ4n) is 6.00. The van der Waals surface area contributed by atoms with Gasteiger partial charge in [0.1, 0.15) is 23.0 Å². The first-order valence-electron chi connectivity index (χ1n) is 14.7. The minimum atomic E-state index is -1.28. The number of fused-ring (bicyclic) bond motifs is 2. The molecule has 0 bridgehead atoms. The van der Waals surface area contributed by atoms with Crippen LogP contribution in [0.3, 0.4) is 0 Å². The second-order valence-corrected chi connectivity index (χ2v) is 13.5. The summed E-state index contributed by atoms with van der Waals surface area (Å²) in [5.41, 5.74) is 3.18. The highest BCUT2D eigenvalue weighted by molar-refractivity contribution is 9.10. The van der Waals surface area contributed by atoms with Gasteiger partial charge in [-0.3, -0.25) is 4.79 Å². The molecule has 1 aliphatic carbocycles. The van der Waals surface area contributed by atoms with Gasteiger partial charge in [0.15, 0.2) is 5.82 Å². The summed E-state index contributed by atoms with van der Waals surface area (Å²) in [7, 11) is 3.52. The van der Waals surface area contributed by atoms with E-state index < -0.39 is 23.9 Å². The fourth-order valence-corrected chi connectivity index (χ4v) is 6.59. The average molecular weight is 655 g/mol. The van der Waals surface area contributed by atoms with Gasteiger partial charge in [-0.05, 0) is 79.7 Å². The number of benzene rings is 2. The Hall–Kier alpha value is -3.60. The quantitative estimate of drug-likeness (QED) is 0.258. The summed E-state index contributed by atoms with van der Waals surface area (Å²) in [6.45, 7) is 6.31. The molecule has 43 heavy (non-hydrogen) atoms. The maximum atomic E-state index is 14.8. The zero-order valence-corrected chi connectivity index (χ0v) is 26.7. The van der Waals surface area contributed by atoms with E-state index in [1.807, 2.05) is 17.7 Å². The summed E-state index contributed by atoms with van der Waals surface area (Å²) in [5.74, 6) is 1.57. The summed E-state index contributed by atoms with van der Waals surface area (Å²) >= 11 is 3.75. The number of hydrogen-bond donors (Lipinski definition) is 1. The highest BCUT2D eigenvalue weighted by atomic mass is 79.9. The zero-order chi connectivity index (χ0) is 30.6. The maximum Gasteiger partial charge on any atom is 0.407 e. The van der Waals surface area contributed by atoms with Crippen molar-refractivity contribution in [2.45, 2.75) is 64.4 Å².